The maximum absolute atomic E-state index is 11.8. The Kier molecular flexibility index (Phi) is 6.72. The summed E-state index contributed by atoms with van der Waals surface area (Å²) in [5, 5.41) is 0.771. The number of carbonyl (C=O) groups is 1. The van der Waals surface area contributed by atoms with E-state index < -0.39 is 7.12 Å². The largest absolute Gasteiger partial charge is 0.498 e. The number of rotatable bonds is 6. The zero-order valence-corrected chi connectivity index (χ0v) is 18.6. The van der Waals surface area contributed by atoms with Crippen LogP contribution in [0.5, 0.6) is 0 Å². The molecule has 2 fully saturated rings. The zero-order chi connectivity index (χ0) is 20.4. The molecule has 1 aromatic heterocycles. The number of likely N-dealkylation sites (tertiary alicyclic amines) is 1. The zero-order valence-electron chi connectivity index (χ0n) is 17.7. The van der Waals surface area contributed by atoms with Crippen LogP contribution in [0.15, 0.2) is 17.6 Å². The van der Waals surface area contributed by atoms with Gasteiger partial charge in [-0.25, -0.2) is 9.97 Å². The lowest BCUT2D eigenvalue weighted by Gasteiger charge is -2.35. The summed E-state index contributed by atoms with van der Waals surface area (Å²) in [6.07, 6.45) is 9.20. The van der Waals surface area contributed by atoms with Crippen molar-refractivity contribution in [2.24, 2.45) is 0 Å². The number of piperidine rings is 1. The standard InChI is InChI=1S/C20H32BN3O3S/c1-15(25)24-11-7-6-9-17(24)10-8-12-28-18-22-13-16(14-23-18)21-26-19(2,3)20(4,5)27-21/h13-14,17H,6-12H2,1-5H3/t17-/m1/s1. The van der Waals surface area contributed by atoms with Crippen LogP contribution in [-0.2, 0) is 14.1 Å². The molecule has 0 bridgehead atoms. The van der Waals surface area contributed by atoms with Crippen LogP contribution in [0.3, 0.4) is 0 Å². The minimum absolute atomic E-state index is 0.207. The molecule has 1 amide bonds. The van der Waals surface area contributed by atoms with Gasteiger partial charge in [0.2, 0.25) is 5.91 Å². The summed E-state index contributed by atoms with van der Waals surface area (Å²) in [6.45, 7) is 10.8. The molecule has 0 aliphatic carbocycles. The molecule has 3 heterocycles. The van der Waals surface area contributed by atoms with Gasteiger partial charge in [-0.15, -0.1) is 0 Å². The average molecular weight is 405 g/mol. The summed E-state index contributed by atoms with van der Waals surface area (Å²) in [5.74, 6) is 1.16. The minimum Gasteiger partial charge on any atom is -0.399 e. The lowest BCUT2D eigenvalue weighted by Crippen LogP contribution is -2.42. The third kappa shape index (κ3) is 4.89. The van der Waals surface area contributed by atoms with Gasteiger partial charge in [0.05, 0.1) is 11.2 Å². The van der Waals surface area contributed by atoms with E-state index in [-0.39, 0.29) is 17.1 Å². The third-order valence-electron chi connectivity index (χ3n) is 6.12. The van der Waals surface area contributed by atoms with Gasteiger partial charge in [-0.1, -0.05) is 11.8 Å². The first kappa shape index (κ1) is 21.6. The number of amides is 1. The highest BCUT2D eigenvalue weighted by molar-refractivity contribution is 7.99. The molecule has 8 heteroatoms. The molecular weight excluding hydrogens is 373 g/mol. The molecule has 2 aliphatic heterocycles. The van der Waals surface area contributed by atoms with Crippen molar-refractivity contribution in [3.8, 4) is 0 Å². The lowest BCUT2D eigenvalue weighted by atomic mass is 9.81. The van der Waals surface area contributed by atoms with Crippen LogP contribution in [0.4, 0.5) is 0 Å². The van der Waals surface area contributed by atoms with E-state index in [1.165, 1.54) is 6.42 Å². The maximum Gasteiger partial charge on any atom is 0.498 e. The topological polar surface area (TPSA) is 64.6 Å². The van der Waals surface area contributed by atoms with E-state index in [0.717, 1.165) is 48.6 Å². The summed E-state index contributed by atoms with van der Waals surface area (Å²) >= 11 is 1.66. The predicted molar refractivity (Wildman–Crippen MR) is 113 cm³/mol. The molecule has 0 spiro atoms. The van der Waals surface area contributed by atoms with E-state index in [2.05, 4.69) is 9.97 Å². The van der Waals surface area contributed by atoms with Crippen LogP contribution in [0, 0.1) is 0 Å². The monoisotopic (exact) mass is 405 g/mol. The van der Waals surface area contributed by atoms with Gasteiger partial charge >= 0.3 is 7.12 Å². The number of nitrogens with zero attached hydrogens (tertiary/aromatic N) is 3. The van der Waals surface area contributed by atoms with Crippen molar-refractivity contribution < 1.29 is 14.1 Å². The molecule has 0 unspecified atom stereocenters. The fraction of sp³-hybridized carbons (Fsp3) is 0.750. The van der Waals surface area contributed by atoms with Crippen molar-refractivity contribution in [3.63, 3.8) is 0 Å². The molecule has 1 atom stereocenters. The van der Waals surface area contributed by atoms with Crippen LogP contribution in [0.2, 0.25) is 0 Å². The summed E-state index contributed by atoms with van der Waals surface area (Å²) in [4.78, 5) is 22.8. The highest BCUT2D eigenvalue weighted by atomic mass is 32.2. The second-order valence-electron chi connectivity index (χ2n) is 8.74. The highest BCUT2D eigenvalue weighted by Gasteiger charge is 2.51. The predicted octanol–water partition coefficient (Wildman–Crippen LogP) is 3.05. The third-order valence-corrected chi connectivity index (χ3v) is 7.08. The number of carbonyl (C=O) groups excluding carboxylic acids is 1. The first-order valence-corrected chi connectivity index (χ1v) is 11.3. The summed E-state index contributed by atoms with van der Waals surface area (Å²) in [6, 6.07) is 0.401. The van der Waals surface area contributed by atoms with E-state index in [1.54, 1.807) is 31.1 Å². The fourth-order valence-corrected chi connectivity index (χ4v) is 4.45. The van der Waals surface area contributed by atoms with Gasteiger partial charge < -0.3 is 14.2 Å². The molecule has 0 N–H and O–H groups in total. The van der Waals surface area contributed by atoms with Gasteiger partial charge in [0, 0.05) is 43.1 Å². The summed E-state index contributed by atoms with van der Waals surface area (Å²) in [7, 11) is -0.423. The van der Waals surface area contributed by atoms with Crippen LogP contribution in [-0.4, -0.2) is 57.4 Å². The molecular formula is C20H32BN3O3S. The quantitative estimate of drug-likeness (QED) is 0.314. The normalized spacial score (nSPS) is 23.8. The van der Waals surface area contributed by atoms with Gasteiger partial charge in [0.25, 0.3) is 0 Å². The van der Waals surface area contributed by atoms with E-state index in [9.17, 15) is 4.79 Å². The van der Waals surface area contributed by atoms with Crippen molar-refractivity contribution in [2.45, 2.75) is 89.1 Å². The Bertz CT molecular complexity index is 668. The molecule has 3 rings (SSSR count). The molecule has 1 aromatic rings. The van der Waals surface area contributed by atoms with Crippen LogP contribution >= 0.6 is 11.8 Å². The van der Waals surface area contributed by atoms with Gasteiger partial charge in [0.15, 0.2) is 5.16 Å². The van der Waals surface area contributed by atoms with Crippen molar-refractivity contribution in [1.29, 1.82) is 0 Å². The number of thioether (sulfide) groups is 1. The fourth-order valence-electron chi connectivity index (χ4n) is 3.70. The Labute approximate surface area is 173 Å². The molecule has 0 radical (unpaired) electrons. The van der Waals surface area contributed by atoms with Gasteiger partial charge in [-0.05, 0) is 59.8 Å². The van der Waals surface area contributed by atoms with Crippen LogP contribution in [0.1, 0.15) is 66.7 Å². The van der Waals surface area contributed by atoms with E-state index in [0.29, 0.717) is 6.04 Å². The Hall–Kier alpha value is -1.12. The number of hydrogen-bond donors (Lipinski definition) is 0. The van der Waals surface area contributed by atoms with Crippen LogP contribution in [0.25, 0.3) is 0 Å². The Morgan fingerprint density at radius 1 is 1.21 bits per heavy atom. The molecule has 6 nitrogen and oxygen atoms in total. The van der Waals surface area contributed by atoms with E-state index in [1.807, 2.05) is 32.6 Å². The second-order valence-corrected chi connectivity index (χ2v) is 9.80. The number of aromatic nitrogens is 2. The molecule has 0 aromatic carbocycles. The first-order valence-electron chi connectivity index (χ1n) is 10.3. The van der Waals surface area contributed by atoms with Gasteiger partial charge in [0.1, 0.15) is 0 Å². The van der Waals surface area contributed by atoms with Gasteiger partial charge in [-0.2, -0.15) is 0 Å². The Balaban J connectivity index is 1.46. The molecule has 28 heavy (non-hydrogen) atoms. The molecule has 2 saturated heterocycles. The SMILES string of the molecule is CC(=O)N1CCCC[C@@H]1CCCSc1ncc(B2OC(C)(C)C(C)(C)O2)cn1. The molecule has 154 valence electrons. The van der Waals surface area contributed by atoms with Crippen molar-refractivity contribution in [3.05, 3.63) is 12.4 Å². The summed E-state index contributed by atoms with van der Waals surface area (Å²) < 4.78 is 12.1. The molecule has 2 aliphatic rings. The number of hydrogen-bond acceptors (Lipinski definition) is 6. The highest BCUT2D eigenvalue weighted by Crippen LogP contribution is 2.36. The first-order chi connectivity index (χ1) is 13.2. The van der Waals surface area contributed by atoms with E-state index >= 15 is 0 Å². The molecule has 0 saturated carbocycles. The van der Waals surface area contributed by atoms with Crippen molar-refractivity contribution >= 4 is 30.3 Å². The Morgan fingerprint density at radius 3 is 2.46 bits per heavy atom. The smallest absolute Gasteiger partial charge is 0.399 e. The van der Waals surface area contributed by atoms with Crippen LogP contribution < -0.4 is 5.46 Å². The minimum atomic E-state index is -0.423. The van der Waals surface area contributed by atoms with E-state index in [4.69, 9.17) is 9.31 Å². The van der Waals surface area contributed by atoms with Gasteiger partial charge in [-0.3, -0.25) is 4.79 Å². The van der Waals surface area contributed by atoms with Crippen molar-refractivity contribution in [1.82, 2.24) is 14.9 Å². The maximum atomic E-state index is 11.8. The summed E-state index contributed by atoms with van der Waals surface area (Å²) in [5.41, 5.74) is 0.123. The lowest BCUT2D eigenvalue weighted by molar-refractivity contribution is -0.132. The van der Waals surface area contributed by atoms with Crippen molar-refractivity contribution in [2.75, 3.05) is 12.3 Å². The second kappa shape index (κ2) is 8.72. The Morgan fingerprint density at radius 2 is 1.86 bits per heavy atom. The average Bonchev–Trinajstić information content (AvgIpc) is 2.87.